The summed E-state index contributed by atoms with van der Waals surface area (Å²) in [5, 5.41) is 0. The first-order valence-electron chi connectivity index (χ1n) is 4.12. The lowest BCUT2D eigenvalue weighted by molar-refractivity contribution is 0.0382. The molecule has 1 aromatic rings. The van der Waals surface area contributed by atoms with Gasteiger partial charge in [0.1, 0.15) is 12.4 Å². The minimum absolute atomic E-state index is 0.209. The Morgan fingerprint density at radius 1 is 1.50 bits per heavy atom. The standard InChI is InChI=1S/C9H12N2O3/c1-13-5-6-14-9(12)7-3-2-4-8(10)11-7/h2-4H,5-6H2,1H3,(H2,10,11). The van der Waals surface area contributed by atoms with Crippen molar-refractivity contribution in [1.82, 2.24) is 4.98 Å². The van der Waals surface area contributed by atoms with Crippen molar-refractivity contribution < 1.29 is 14.3 Å². The summed E-state index contributed by atoms with van der Waals surface area (Å²) in [6.07, 6.45) is 0. The highest BCUT2D eigenvalue weighted by Gasteiger charge is 2.07. The van der Waals surface area contributed by atoms with Crippen molar-refractivity contribution in [1.29, 1.82) is 0 Å². The van der Waals surface area contributed by atoms with Crippen LogP contribution in [0.3, 0.4) is 0 Å². The van der Waals surface area contributed by atoms with Crippen LogP contribution in [-0.4, -0.2) is 31.3 Å². The Labute approximate surface area is 81.8 Å². The lowest BCUT2D eigenvalue weighted by Gasteiger charge is -2.03. The molecule has 5 heteroatoms. The quantitative estimate of drug-likeness (QED) is 0.559. The zero-order valence-electron chi connectivity index (χ0n) is 7.90. The largest absolute Gasteiger partial charge is 0.459 e. The molecule has 0 unspecified atom stereocenters. The second-order valence-electron chi connectivity index (χ2n) is 2.58. The number of pyridine rings is 1. The van der Waals surface area contributed by atoms with Crippen LogP contribution in [0, 0.1) is 0 Å². The number of ether oxygens (including phenoxy) is 2. The van der Waals surface area contributed by atoms with E-state index in [1.807, 2.05) is 0 Å². The summed E-state index contributed by atoms with van der Waals surface area (Å²) in [4.78, 5) is 15.1. The van der Waals surface area contributed by atoms with Crippen molar-refractivity contribution in [2.24, 2.45) is 0 Å². The van der Waals surface area contributed by atoms with Crippen LogP contribution in [0.25, 0.3) is 0 Å². The van der Waals surface area contributed by atoms with Crippen LogP contribution in [0.1, 0.15) is 10.5 Å². The van der Waals surface area contributed by atoms with Crippen molar-refractivity contribution in [3.8, 4) is 0 Å². The average Bonchev–Trinajstić information content (AvgIpc) is 2.18. The summed E-state index contributed by atoms with van der Waals surface area (Å²) in [5.41, 5.74) is 5.62. The van der Waals surface area contributed by atoms with E-state index in [0.717, 1.165) is 0 Å². The Bertz CT molecular complexity index is 315. The minimum Gasteiger partial charge on any atom is -0.459 e. The van der Waals surface area contributed by atoms with Crippen molar-refractivity contribution in [3.05, 3.63) is 23.9 Å². The van der Waals surface area contributed by atoms with Crippen LogP contribution in [0.15, 0.2) is 18.2 Å². The van der Waals surface area contributed by atoms with E-state index in [0.29, 0.717) is 12.4 Å². The molecule has 0 aromatic carbocycles. The predicted octanol–water partition coefficient (Wildman–Crippen LogP) is 0.467. The molecule has 0 fully saturated rings. The number of esters is 1. The lowest BCUT2D eigenvalue weighted by atomic mass is 10.3. The second kappa shape index (κ2) is 5.18. The van der Waals surface area contributed by atoms with Crippen LogP contribution >= 0.6 is 0 Å². The van der Waals surface area contributed by atoms with Gasteiger partial charge in [0, 0.05) is 7.11 Å². The molecule has 0 atom stereocenters. The molecule has 0 saturated heterocycles. The summed E-state index contributed by atoms with van der Waals surface area (Å²) in [6.45, 7) is 0.583. The number of carbonyl (C=O) groups is 1. The molecule has 0 bridgehead atoms. The maximum absolute atomic E-state index is 11.3. The van der Waals surface area contributed by atoms with Gasteiger partial charge in [0.05, 0.1) is 6.61 Å². The zero-order chi connectivity index (χ0) is 10.4. The van der Waals surface area contributed by atoms with E-state index in [4.69, 9.17) is 15.2 Å². The third-order valence-corrected chi connectivity index (χ3v) is 1.50. The Morgan fingerprint density at radius 3 is 2.93 bits per heavy atom. The fraction of sp³-hybridized carbons (Fsp3) is 0.333. The molecule has 0 aliphatic rings. The molecule has 1 aromatic heterocycles. The van der Waals surface area contributed by atoms with Crippen LogP contribution in [0.2, 0.25) is 0 Å². The number of anilines is 1. The number of methoxy groups -OCH3 is 1. The Hall–Kier alpha value is -1.62. The smallest absolute Gasteiger partial charge is 0.357 e. The molecule has 0 radical (unpaired) electrons. The van der Waals surface area contributed by atoms with Gasteiger partial charge in [0.15, 0.2) is 5.69 Å². The first kappa shape index (κ1) is 10.5. The molecule has 2 N–H and O–H groups in total. The van der Waals surface area contributed by atoms with Gasteiger partial charge in [-0.25, -0.2) is 9.78 Å². The van der Waals surface area contributed by atoms with Crippen molar-refractivity contribution in [2.75, 3.05) is 26.1 Å². The number of hydrogen-bond acceptors (Lipinski definition) is 5. The number of rotatable bonds is 4. The highest BCUT2D eigenvalue weighted by Crippen LogP contribution is 2.01. The van der Waals surface area contributed by atoms with Gasteiger partial charge in [0.25, 0.3) is 0 Å². The third-order valence-electron chi connectivity index (χ3n) is 1.50. The maximum atomic E-state index is 11.3. The number of nitrogen functional groups attached to an aromatic ring is 1. The van der Waals surface area contributed by atoms with Gasteiger partial charge in [-0.1, -0.05) is 6.07 Å². The molecular weight excluding hydrogens is 184 g/mol. The Morgan fingerprint density at radius 2 is 2.29 bits per heavy atom. The van der Waals surface area contributed by atoms with E-state index in [-0.39, 0.29) is 12.3 Å². The van der Waals surface area contributed by atoms with Gasteiger partial charge >= 0.3 is 5.97 Å². The van der Waals surface area contributed by atoms with Gasteiger partial charge in [-0.15, -0.1) is 0 Å². The zero-order valence-corrected chi connectivity index (χ0v) is 7.90. The van der Waals surface area contributed by atoms with Crippen molar-refractivity contribution in [2.45, 2.75) is 0 Å². The van der Waals surface area contributed by atoms with E-state index in [1.54, 1.807) is 18.2 Å². The molecule has 0 amide bonds. The summed E-state index contributed by atoms with van der Waals surface area (Å²) in [7, 11) is 1.53. The fourth-order valence-corrected chi connectivity index (χ4v) is 0.857. The van der Waals surface area contributed by atoms with Gasteiger partial charge < -0.3 is 15.2 Å². The average molecular weight is 196 g/mol. The second-order valence-corrected chi connectivity index (χ2v) is 2.58. The molecule has 0 spiro atoms. The molecule has 0 saturated carbocycles. The summed E-state index contributed by atoms with van der Waals surface area (Å²) < 4.78 is 9.57. The molecule has 76 valence electrons. The first-order valence-corrected chi connectivity index (χ1v) is 4.12. The van der Waals surface area contributed by atoms with Gasteiger partial charge in [-0.3, -0.25) is 0 Å². The highest BCUT2D eigenvalue weighted by atomic mass is 16.6. The molecule has 1 rings (SSSR count). The third kappa shape index (κ3) is 3.02. The maximum Gasteiger partial charge on any atom is 0.357 e. The van der Waals surface area contributed by atoms with Crippen LogP contribution < -0.4 is 5.73 Å². The molecular formula is C9H12N2O3. The SMILES string of the molecule is COCCOC(=O)c1cccc(N)n1. The van der Waals surface area contributed by atoms with Gasteiger partial charge in [-0.05, 0) is 12.1 Å². The summed E-state index contributed by atoms with van der Waals surface area (Å²) in [5.74, 6) is -0.194. The van der Waals surface area contributed by atoms with Crippen molar-refractivity contribution in [3.63, 3.8) is 0 Å². The van der Waals surface area contributed by atoms with E-state index in [1.165, 1.54) is 7.11 Å². The molecule has 1 heterocycles. The molecule has 0 aliphatic carbocycles. The molecule has 0 aliphatic heterocycles. The lowest BCUT2D eigenvalue weighted by Crippen LogP contribution is -2.11. The van der Waals surface area contributed by atoms with Crippen molar-refractivity contribution >= 4 is 11.8 Å². The minimum atomic E-state index is -0.491. The van der Waals surface area contributed by atoms with Gasteiger partial charge in [-0.2, -0.15) is 0 Å². The molecule has 14 heavy (non-hydrogen) atoms. The Kier molecular flexibility index (Phi) is 3.87. The number of hydrogen-bond donors (Lipinski definition) is 1. The summed E-state index contributed by atoms with van der Waals surface area (Å²) >= 11 is 0. The normalized spacial score (nSPS) is 9.79. The Balaban J connectivity index is 2.52. The van der Waals surface area contributed by atoms with E-state index >= 15 is 0 Å². The monoisotopic (exact) mass is 196 g/mol. The fourth-order valence-electron chi connectivity index (χ4n) is 0.857. The first-order chi connectivity index (χ1) is 6.74. The molecule has 5 nitrogen and oxygen atoms in total. The number of aromatic nitrogens is 1. The topological polar surface area (TPSA) is 74.4 Å². The van der Waals surface area contributed by atoms with E-state index in [2.05, 4.69) is 4.98 Å². The van der Waals surface area contributed by atoms with Crippen LogP contribution in [0.4, 0.5) is 5.82 Å². The number of nitrogens with zero attached hydrogens (tertiary/aromatic N) is 1. The van der Waals surface area contributed by atoms with E-state index in [9.17, 15) is 4.79 Å². The predicted molar refractivity (Wildman–Crippen MR) is 50.8 cm³/mol. The number of nitrogens with two attached hydrogens (primary N) is 1. The van der Waals surface area contributed by atoms with Crippen LogP contribution in [-0.2, 0) is 9.47 Å². The summed E-state index contributed by atoms with van der Waals surface area (Å²) in [6, 6.07) is 4.80. The van der Waals surface area contributed by atoms with Gasteiger partial charge in [0.2, 0.25) is 0 Å². The van der Waals surface area contributed by atoms with E-state index < -0.39 is 5.97 Å². The highest BCUT2D eigenvalue weighted by molar-refractivity contribution is 5.87. The van der Waals surface area contributed by atoms with Crippen LogP contribution in [0.5, 0.6) is 0 Å². The number of carbonyl (C=O) groups excluding carboxylic acids is 1.